The topological polar surface area (TPSA) is 29.5 Å². The minimum absolute atomic E-state index is 0.0592. The second kappa shape index (κ2) is 4.78. The molecular weight excluding hydrogens is 214 g/mol. The summed E-state index contributed by atoms with van der Waals surface area (Å²) >= 11 is 0. The number of hydrogen-bond acceptors (Lipinski definition) is 3. The number of ether oxygens (including phenoxy) is 1. The molecule has 0 aromatic heterocycles. The van der Waals surface area contributed by atoms with Crippen molar-refractivity contribution in [3.8, 4) is 0 Å². The van der Waals surface area contributed by atoms with Crippen LogP contribution in [0, 0.1) is 0 Å². The number of anilines is 1. The van der Waals surface area contributed by atoms with E-state index in [1.807, 2.05) is 37.2 Å². The number of benzene rings is 1. The summed E-state index contributed by atoms with van der Waals surface area (Å²) < 4.78 is 5.46. The zero-order valence-corrected chi connectivity index (χ0v) is 10.7. The minimum atomic E-state index is -0.176. The number of unbranched alkanes of at least 4 members (excludes halogenated alkanes) is 1. The highest BCUT2D eigenvalue weighted by molar-refractivity contribution is 5.96. The molecule has 2 rings (SSSR count). The number of fused-ring (bicyclic) bond motifs is 1. The van der Waals surface area contributed by atoms with E-state index in [0.29, 0.717) is 0 Å². The molecule has 0 spiro atoms. The first-order valence-electron chi connectivity index (χ1n) is 6.16. The van der Waals surface area contributed by atoms with Crippen LogP contribution in [0.25, 0.3) is 0 Å². The lowest BCUT2D eigenvalue weighted by atomic mass is 9.98. The fourth-order valence-electron chi connectivity index (χ4n) is 2.30. The standard InChI is InChI=1S/C14H19NO2/c1-4-5-9-12-13-10(14(16)17-12)7-6-8-11(13)15(2)3/h6-8,12H,4-5,9H2,1-3H3. The first-order chi connectivity index (χ1) is 8.15. The largest absolute Gasteiger partial charge is 0.454 e. The summed E-state index contributed by atoms with van der Waals surface area (Å²) in [5, 5.41) is 0. The van der Waals surface area contributed by atoms with E-state index in [2.05, 4.69) is 6.92 Å². The van der Waals surface area contributed by atoms with Crippen LogP contribution in [0.4, 0.5) is 5.69 Å². The van der Waals surface area contributed by atoms with Crippen molar-refractivity contribution in [3.05, 3.63) is 29.3 Å². The van der Waals surface area contributed by atoms with E-state index in [9.17, 15) is 4.79 Å². The van der Waals surface area contributed by atoms with E-state index in [0.717, 1.165) is 36.1 Å². The van der Waals surface area contributed by atoms with Gasteiger partial charge >= 0.3 is 5.97 Å². The van der Waals surface area contributed by atoms with Crippen LogP contribution in [0.5, 0.6) is 0 Å². The SMILES string of the molecule is CCCCC1OC(=O)c2cccc(N(C)C)c21. The van der Waals surface area contributed by atoms with Crippen LogP contribution in [0.3, 0.4) is 0 Å². The predicted molar refractivity (Wildman–Crippen MR) is 68.5 cm³/mol. The highest BCUT2D eigenvalue weighted by atomic mass is 16.5. The second-order valence-corrected chi connectivity index (χ2v) is 4.67. The molecule has 3 heteroatoms. The number of cyclic esters (lactones) is 1. The Balaban J connectivity index is 2.39. The lowest BCUT2D eigenvalue weighted by Gasteiger charge is -2.19. The number of nitrogens with zero attached hydrogens (tertiary/aromatic N) is 1. The predicted octanol–water partition coefficient (Wildman–Crippen LogP) is 3.15. The fraction of sp³-hybridized carbons (Fsp3) is 0.500. The molecule has 0 saturated carbocycles. The Morgan fingerprint density at radius 3 is 2.76 bits per heavy atom. The average Bonchev–Trinajstić information content (AvgIpc) is 2.64. The molecule has 1 atom stereocenters. The molecule has 0 N–H and O–H groups in total. The first kappa shape index (κ1) is 12.0. The second-order valence-electron chi connectivity index (χ2n) is 4.67. The summed E-state index contributed by atoms with van der Waals surface area (Å²) in [5.41, 5.74) is 2.89. The van der Waals surface area contributed by atoms with Gasteiger partial charge in [0, 0.05) is 25.3 Å². The zero-order valence-electron chi connectivity index (χ0n) is 10.7. The molecule has 17 heavy (non-hydrogen) atoms. The van der Waals surface area contributed by atoms with Crippen LogP contribution in [0.2, 0.25) is 0 Å². The molecule has 1 aliphatic rings. The minimum Gasteiger partial charge on any atom is -0.454 e. The van der Waals surface area contributed by atoms with Gasteiger partial charge in [-0.3, -0.25) is 0 Å². The highest BCUT2D eigenvalue weighted by Gasteiger charge is 2.33. The molecule has 0 saturated heterocycles. The summed E-state index contributed by atoms with van der Waals surface area (Å²) in [7, 11) is 3.99. The van der Waals surface area contributed by atoms with Gasteiger partial charge in [0.15, 0.2) is 0 Å². The number of rotatable bonds is 4. The lowest BCUT2D eigenvalue weighted by Crippen LogP contribution is -2.12. The molecule has 1 aromatic rings. The van der Waals surface area contributed by atoms with Crippen molar-refractivity contribution in [1.29, 1.82) is 0 Å². The molecule has 1 aliphatic heterocycles. The average molecular weight is 233 g/mol. The maximum absolute atomic E-state index is 11.8. The van der Waals surface area contributed by atoms with E-state index in [1.165, 1.54) is 0 Å². The summed E-state index contributed by atoms with van der Waals surface area (Å²) in [6, 6.07) is 5.81. The molecule has 0 bridgehead atoms. The van der Waals surface area contributed by atoms with Crippen molar-refractivity contribution < 1.29 is 9.53 Å². The molecule has 3 nitrogen and oxygen atoms in total. The van der Waals surface area contributed by atoms with Gasteiger partial charge in [-0.05, 0) is 25.0 Å². The number of carbonyl (C=O) groups is 1. The van der Waals surface area contributed by atoms with E-state index in [1.54, 1.807) is 0 Å². The molecule has 0 fully saturated rings. The summed E-state index contributed by atoms with van der Waals surface area (Å²) in [6.45, 7) is 2.15. The molecular formula is C14H19NO2. The Morgan fingerprint density at radius 1 is 1.35 bits per heavy atom. The molecule has 1 heterocycles. The maximum Gasteiger partial charge on any atom is 0.339 e. The third-order valence-electron chi connectivity index (χ3n) is 3.18. The maximum atomic E-state index is 11.8. The van der Waals surface area contributed by atoms with Gasteiger partial charge in [-0.1, -0.05) is 19.4 Å². The van der Waals surface area contributed by atoms with E-state index in [-0.39, 0.29) is 12.1 Å². The van der Waals surface area contributed by atoms with Crippen LogP contribution in [0.1, 0.15) is 48.2 Å². The Morgan fingerprint density at radius 2 is 2.12 bits per heavy atom. The Kier molecular flexibility index (Phi) is 3.36. The number of hydrogen-bond donors (Lipinski definition) is 0. The smallest absolute Gasteiger partial charge is 0.339 e. The van der Waals surface area contributed by atoms with E-state index < -0.39 is 0 Å². The summed E-state index contributed by atoms with van der Waals surface area (Å²) in [4.78, 5) is 13.8. The van der Waals surface area contributed by atoms with Gasteiger partial charge in [0.1, 0.15) is 6.10 Å². The van der Waals surface area contributed by atoms with Gasteiger partial charge in [-0.25, -0.2) is 4.79 Å². The number of carbonyl (C=O) groups excluding carboxylic acids is 1. The van der Waals surface area contributed by atoms with E-state index >= 15 is 0 Å². The van der Waals surface area contributed by atoms with Crippen LogP contribution in [-0.2, 0) is 4.74 Å². The van der Waals surface area contributed by atoms with Gasteiger partial charge in [-0.2, -0.15) is 0 Å². The van der Waals surface area contributed by atoms with Crippen molar-refractivity contribution >= 4 is 11.7 Å². The molecule has 1 aromatic carbocycles. The van der Waals surface area contributed by atoms with Crippen LogP contribution in [-0.4, -0.2) is 20.1 Å². The van der Waals surface area contributed by atoms with Gasteiger partial charge < -0.3 is 9.64 Å². The van der Waals surface area contributed by atoms with E-state index in [4.69, 9.17) is 4.74 Å². The third-order valence-corrected chi connectivity index (χ3v) is 3.18. The summed E-state index contributed by atoms with van der Waals surface area (Å²) in [5.74, 6) is -0.176. The third kappa shape index (κ3) is 2.14. The van der Waals surface area contributed by atoms with Crippen molar-refractivity contribution in [2.24, 2.45) is 0 Å². The van der Waals surface area contributed by atoms with Gasteiger partial charge in [0.05, 0.1) is 5.56 Å². The Hall–Kier alpha value is -1.51. The van der Waals surface area contributed by atoms with Crippen LogP contribution < -0.4 is 4.90 Å². The molecule has 0 amide bonds. The molecule has 0 aliphatic carbocycles. The monoisotopic (exact) mass is 233 g/mol. The Bertz CT molecular complexity index is 426. The van der Waals surface area contributed by atoms with Crippen molar-refractivity contribution in [1.82, 2.24) is 0 Å². The van der Waals surface area contributed by atoms with Gasteiger partial charge in [0.25, 0.3) is 0 Å². The summed E-state index contributed by atoms with van der Waals surface area (Å²) in [6.07, 6.45) is 3.06. The molecule has 0 radical (unpaired) electrons. The van der Waals surface area contributed by atoms with Crippen molar-refractivity contribution in [2.45, 2.75) is 32.3 Å². The van der Waals surface area contributed by atoms with Crippen molar-refractivity contribution in [2.75, 3.05) is 19.0 Å². The molecule has 1 unspecified atom stereocenters. The quantitative estimate of drug-likeness (QED) is 0.748. The van der Waals surface area contributed by atoms with Crippen LogP contribution in [0.15, 0.2) is 18.2 Å². The molecule has 92 valence electrons. The zero-order chi connectivity index (χ0) is 12.4. The fourth-order valence-corrected chi connectivity index (χ4v) is 2.30. The lowest BCUT2D eigenvalue weighted by molar-refractivity contribution is 0.0365. The van der Waals surface area contributed by atoms with Gasteiger partial charge in [0.2, 0.25) is 0 Å². The first-order valence-corrected chi connectivity index (χ1v) is 6.16. The Labute approximate surface area is 102 Å². The van der Waals surface area contributed by atoms with Crippen LogP contribution >= 0.6 is 0 Å². The highest BCUT2D eigenvalue weighted by Crippen LogP contribution is 2.39. The normalized spacial score (nSPS) is 17.8. The number of esters is 1. The van der Waals surface area contributed by atoms with Gasteiger partial charge in [-0.15, -0.1) is 0 Å². The van der Waals surface area contributed by atoms with Crippen molar-refractivity contribution in [3.63, 3.8) is 0 Å².